The van der Waals surface area contributed by atoms with Gasteiger partial charge in [0.2, 0.25) is 0 Å². The summed E-state index contributed by atoms with van der Waals surface area (Å²) in [5, 5.41) is 3.51. The summed E-state index contributed by atoms with van der Waals surface area (Å²) in [6, 6.07) is 9.30. The van der Waals surface area contributed by atoms with E-state index in [4.69, 9.17) is 0 Å². The summed E-state index contributed by atoms with van der Waals surface area (Å²) in [7, 11) is 1.73. The Balaban J connectivity index is 2.05. The quantitative estimate of drug-likeness (QED) is 0.866. The fourth-order valence-corrected chi connectivity index (χ4v) is 1.74. The molecule has 1 heterocycles. The highest BCUT2D eigenvalue weighted by Crippen LogP contribution is 2.16. The Kier molecular flexibility index (Phi) is 3.16. The van der Waals surface area contributed by atoms with Gasteiger partial charge >= 0.3 is 6.03 Å². The first-order chi connectivity index (χ1) is 7.77. The summed E-state index contributed by atoms with van der Waals surface area (Å²) in [4.78, 5) is 17.3. The summed E-state index contributed by atoms with van der Waals surface area (Å²) >= 11 is 1.39. The zero-order valence-electron chi connectivity index (χ0n) is 8.75. The minimum Gasteiger partial charge on any atom is -0.298 e. The first-order valence-corrected chi connectivity index (χ1v) is 5.63. The SMILES string of the molecule is CN(C(=O)Nc1cncs1)c1ccccc1. The molecule has 0 aliphatic carbocycles. The van der Waals surface area contributed by atoms with E-state index in [2.05, 4.69) is 10.3 Å². The van der Waals surface area contributed by atoms with Crippen LogP contribution in [0, 0.1) is 0 Å². The van der Waals surface area contributed by atoms with E-state index >= 15 is 0 Å². The van der Waals surface area contributed by atoms with Crippen LogP contribution >= 0.6 is 11.3 Å². The van der Waals surface area contributed by atoms with E-state index < -0.39 is 0 Å². The smallest absolute Gasteiger partial charge is 0.298 e. The van der Waals surface area contributed by atoms with Crippen molar-refractivity contribution in [1.82, 2.24) is 4.98 Å². The molecule has 0 spiro atoms. The molecule has 0 unspecified atom stereocenters. The number of nitrogens with one attached hydrogen (secondary N) is 1. The third-order valence-corrected chi connectivity index (χ3v) is 2.80. The molecule has 1 N–H and O–H groups in total. The van der Waals surface area contributed by atoms with Gasteiger partial charge in [-0.25, -0.2) is 4.79 Å². The minimum absolute atomic E-state index is 0.171. The third kappa shape index (κ3) is 2.38. The molecular weight excluding hydrogens is 222 g/mol. The maximum atomic E-state index is 11.8. The molecule has 2 amide bonds. The number of rotatable bonds is 2. The lowest BCUT2D eigenvalue weighted by atomic mass is 10.3. The van der Waals surface area contributed by atoms with Crippen molar-refractivity contribution < 1.29 is 4.79 Å². The number of hydrogen-bond donors (Lipinski definition) is 1. The van der Waals surface area contributed by atoms with Gasteiger partial charge in [-0.05, 0) is 12.1 Å². The Bertz CT molecular complexity index is 455. The standard InChI is InChI=1S/C11H11N3OS/c1-14(9-5-3-2-4-6-9)11(15)13-10-7-12-8-16-10/h2-8H,1H3,(H,13,15). The van der Waals surface area contributed by atoms with Crippen LogP contribution in [0.25, 0.3) is 0 Å². The van der Waals surface area contributed by atoms with Crippen molar-refractivity contribution in [3.63, 3.8) is 0 Å². The Morgan fingerprint density at radius 2 is 2.12 bits per heavy atom. The van der Waals surface area contributed by atoms with Crippen molar-refractivity contribution in [2.24, 2.45) is 0 Å². The van der Waals surface area contributed by atoms with Gasteiger partial charge in [0, 0.05) is 12.7 Å². The van der Waals surface area contributed by atoms with E-state index in [0.717, 1.165) is 10.7 Å². The molecule has 16 heavy (non-hydrogen) atoms. The number of nitrogens with zero attached hydrogens (tertiary/aromatic N) is 2. The number of carbonyl (C=O) groups excluding carboxylic acids is 1. The predicted molar refractivity (Wildman–Crippen MR) is 66.0 cm³/mol. The maximum Gasteiger partial charge on any atom is 0.326 e. The summed E-state index contributed by atoms with van der Waals surface area (Å²) in [5.41, 5.74) is 2.53. The van der Waals surface area contributed by atoms with Crippen molar-refractivity contribution >= 4 is 28.1 Å². The summed E-state index contributed by atoms with van der Waals surface area (Å²) in [6.45, 7) is 0. The van der Waals surface area contributed by atoms with Crippen LogP contribution in [0.1, 0.15) is 0 Å². The topological polar surface area (TPSA) is 45.2 Å². The summed E-state index contributed by atoms with van der Waals surface area (Å²) < 4.78 is 0. The zero-order chi connectivity index (χ0) is 11.4. The molecule has 5 heteroatoms. The molecular formula is C11H11N3OS. The van der Waals surface area contributed by atoms with Gasteiger partial charge in [0.25, 0.3) is 0 Å². The van der Waals surface area contributed by atoms with Crippen LogP contribution in [0.2, 0.25) is 0 Å². The van der Waals surface area contributed by atoms with Crippen molar-refractivity contribution in [3.8, 4) is 0 Å². The van der Waals surface area contributed by atoms with Crippen LogP contribution in [0.3, 0.4) is 0 Å². The predicted octanol–water partition coefficient (Wildman–Crippen LogP) is 2.81. The summed E-state index contributed by atoms with van der Waals surface area (Å²) in [6.07, 6.45) is 1.63. The first kappa shape index (κ1) is 10.6. The largest absolute Gasteiger partial charge is 0.326 e. The monoisotopic (exact) mass is 233 g/mol. The van der Waals surface area contributed by atoms with Crippen LogP contribution in [0.5, 0.6) is 0 Å². The minimum atomic E-state index is -0.171. The Hall–Kier alpha value is -1.88. The fourth-order valence-electron chi connectivity index (χ4n) is 1.24. The lowest BCUT2D eigenvalue weighted by Crippen LogP contribution is -2.30. The zero-order valence-corrected chi connectivity index (χ0v) is 9.57. The van der Waals surface area contributed by atoms with Crippen molar-refractivity contribution in [2.45, 2.75) is 0 Å². The second-order valence-electron chi connectivity index (χ2n) is 3.19. The van der Waals surface area contributed by atoms with Gasteiger partial charge in [0.15, 0.2) is 0 Å². The lowest BCUT2D eigenvalue weighted by molar-refractivity contribution is 0.258. The number of amides is 2. The number of para-hydroxylation sites is 1. The molecule has 2 rings (SSSR count). The van der Waals surface area contributed by atoms with E-state index in [1.165, 1.54) is 11.3 Å². The number of anilines is 2. The summed E-state index contributed by atoms with van der Waals surface area (Å²) in [5.74, 6) is 0. The van der Waals surface area contributed by atoms with Gasteiger partial charge in [0.1, 0.15) is 5.00 Å². The van der Waals surface area contributed by atoms with Crippen molar-refractivity contribution in [3.05, 3.63) is 42.0 Å². The molecule has 4 nitrogen and oxygen atoms in total. The molecule has 0 aliphatic rings. The Morgan fingerprint density at radius 3 is 2.75 bits per heavy atom. The average molecular weight is 233 g/mol. The molecule has 0 bridgehead atoms. The van der Waals surface area contributed by atoms with Crippen LogP contribution in [0.4, 0.5) is 15.5 Å². The molecule has 0 atom stereocenters. The van der Waals surface area contributed by atoms with Crippen LogP contribution in [0.15, 0.2) is 42.0 Å². The van der Waals surface area contributed by atoms with E-state index in [1.807, 2.05) is 30.3 Å². The van der Waals surface area contributed by atoms with Gasteiger partial charge in [-0.2, -0.15) is 0 Å². The molecule has 2 aromatic rings. The third-order valence-electron chi connectivity index (χ3n) is 2.11. The van der Waals surface area contributed by atoms with Crippen LogP contribution in [-0.2, 0) is 0 Å². The van der Waals surface area contributed by atoms with Crippen molar-refractivity contribution in [2.75, 3.05) is 17.3 Å². The van der Waals surface area contributed by atoms with E-state index in [9.17, 15) is 4.79 Å². The second kappa shape index (κ2) is 4.76. The molecule has 82 valence electrons. The van der Waals surface area contributed by atoms with Gasteiger partial charge < -0.3 is 0 Å². The molecule has 1 aromatic heterocycles. The molecule has 0 aliphatic heterocycles. The van der Waals surface area contributed by atoms with Crippen LogP contribution < -0.4 is 10.2 Å². The fraction of sp³-hybridized carbons (Fsp3) is 0.0909. The number of urea groups is 1. The van der Waals surface area contributed by atoms with Crippen LogP contribution in [-0.4, -0.2) is 18.1 Å². The average Bonchev–Trinajstić information content (AvgIpc) is 2.82. The van der Waals surface area contributed by atoms with Gasteiger partial charge in [-0.3, -0.25) is 15.2 Å². The lowest BCUT2D eigenvalue weighted by Gasteiger charge is -2.16. The Labute approximate surface area is 97.5 Å². The highest BCUT2D eigenvalue weighted by Gasteiger charge is 2.10. The number of benzene rings is 1. The molecule has 0 radical (unpaired) electrons. The van der Waals surface area contributed by atoms with E-state index in [0.29, 0.717) is 0 Å². The van der Waals surface area contributed by atoms with Crippen molar-refractivity contribution in [1.29, 1.82) is 0 Å². The highest BCUT2D eigenvalue weighted by molar-refractivity contribution is 7.14. The molecule has 1 aromatic carbocycles. The highest BCUT2D eigenvalue weighted by atomic mass is 32.1. The van der Waals surface area contributed by atoms with E-state index in [1.54, 1.807) is 23.7 Å². The van der Waals surface area contributed by atoms with Gasteiger partial charge in [0.05, 0.1) is 11.7 Å². The first-order valence-electron chi connectivity index (χ1n) is 4.75. The normalized spacial score (nSPS) is 9.81. The Morgan fingerprint density at radius 1 is 1.38 bits per heavy atom. The molecule has 0 saturated carbocycles. The number of thiazole rings is 1. The maximum absolute atomic E-state index is 11.8. The number of carbonyl (C=O) groups is 1. The number of aromatic nitrogens is 1. The molecule has 0 fully saturated rings. The molecule has 0 saturated heterocycles. The van der Waals surface area contributed by atoms with Gasteiger partial charge in [-0.1, -0.05) is 18.2 Å². The second-order valence-corrected chi connectivity index (χ2v) is 4.08. The van der Waals surface area contributed by atoms with Gasteiger partial charge in [-0.15, -0.1) is 11.3 Å². The number of hydrogen-bond acceptors (Lipinski definition) is 3. The van der Waals surface area contributed by atoms with E-state index in [-0.39, 0.29) is 6.03 Å².